The van der Waals surface area contributed by atoms with Gasteiger partial charge in [0.1, 0.15) is 11.8 Å². The first-order chi connectivity index (χ1) is 6.95. The predicted molar refractivity (Wildman–Crippen MR) is 50.1 cm³/mol. The zero-order valence-corrected chi connectivity index (χ0v) is 7.79. The van der Waals surface area contributed by atoms with E-state index in [0.717, 1.165) is 0 Å². The van der Waals surface area contributed by atoms with Crippen LogP contribution < -0.4 is 5.73 Å². The van der Waals surface area contributed by atoms with Crippen molar-refractivity contribution in [1.82, 2.24) is 0 Å². The van der Waals surface area contributed by atoms with Gasteiger partial charge in [0.2, 0.25) is 0 Å². The Morgan fingerprint density at radius 1 is 1.64 bits per heavy atom. The first-order valence-corrected chi connectivity index (χ1v) is 4.07. The highest BCUT2D eigenvalue weighted by atomic mass is 19.1. The number of ether oxygens (including phenoxy) is 1. The summed E-state index contributed by atoms with van der Waals surface area (Å²) in [6.45, 7) is 0. The maximum atomic E-state index is 12.6. The lowest BCUT2D eigenvalue weighted by atomic mass is 10.1. The first kappa shape index (κ1) is 9.15. The number of halogens is 1. The van der Waals surface area contributed by atoms with Gasteiger partial charge < -0.3 is 10.5 Å². The molecule has 0 fully saturated rings. The lowest BCUT2D eigenvalue weighted by molar-refractivity contribution is -0.142. The SMILES string of the molecule is [2H][C@@](N)(Cc1ccc(F)cc1)C(=O)OC. The fourth-order valence-electron chi connectivity index (χ4n) is 1.03. The molecule has 0 unspecified atom stereocenters. The summed E-state index contributed by atoms with van der Waals surface area (Å²) in [4.78, 5) is 11.1. The highest BCUT2D eigenvalue weighted by molar-refractivity contribution is 5.75. The van der Waals surface area contributed by atoms with Crippen LogP contribution in [0.1, 0.15) is 6.93 Å². The van der Waals surface area contributed by atoms with Crippen molar-refractivity contribution in [2.24, 2.45) is 5.73 Å². The summed E-state index contributed by atoms with van der Waals surface area (Å²) >= 11 is 0. The summed E-state index contributed by atoms with van der Waals surface area (Å²) in [6.07, 6.45) is -0.0139. The van der Waals surface area contributed by atoms with Crippen LogP contribution in [0.15, 0.2) is 24.3 Å². The van der Waals surface area contributed by atoms with Crippen LogP contribution in [0, 0.1) is 5.82 Å². The first-order valence-electron chi connectivity index (χ1n) is 4.57. The zero-order valence-electron chi connectivity index (χ0n) is 8.79. The van der Waals surface area contributed by atoms with Crippen LogP contribution in [0.25, 0.3) is 0 Å². The van der Waals surface area contributed by atoms with Gasteiger partial charge in [0, 0.05) is 0 Å². The van der Waals surface area contributed by atoms with Gasteiger partial charge in [-0.2, -0.15) is 0 Å². The number of hydrogen-bond acceptors (Lipinski definition) is 3. The van der Waals surface area contributed by atoms with Crippen molar-refractivity contribution in [3.8, 4) is 0 Å². The molecule has 0 spiro atoms. The number of rotatable bonds is 3. The average Bonchev–Trinajstić information content (AvgIpc) is 2.20. The Hall–Kier alpha value is -1.42. The van der Waals surface area contributed by atoms with Crippen LogP contribution >= 0.6 is 0 Å². The molecule has 0 radical (unpaired) electrons. The van der Waals surface area contributed by atoms with Crippen molar-refractivity contribution in [3.63, 3.8) is 0 Å². The van der Waals surface area contributed by atoms with E-state index in [1.54, 1.807) is 0 Å². The monoisotopic (exact) mass is 198 g/mol. The average molecular weight is 198 g/mol. The minimum absolute atomic E-state index is 0.0139. The van der Waals surface area contributed by atoms with Crippen LogP contribution in [0.5, 0.6) is 0 Å². The normalized spacial score (nSPS) is 15.5. The number of methoxy groups -OCH3 is 1. The van der Waals surface area contributed by atoms with E-state index in [2.05, 4.69) is 4.74 Å². The van der Waals surface area contributed by atoms with Crippen LogP contribution in [0.3, 0.4) is 0 Å². The molecule has 0 heterocycles. The van der Waals surface area contributed by atoms with Crippen LogP contribution in [0.4, 0.5) is 4.39 Å². The summed E-state index contributed by atoms with van der Waals surface area (Å²) in [6, 6.07) is 3.64. The smallest absolute Gasteiger partial charge is 0.322 e. The number of carbonyl (C=O) groups excluding carboxylic acids is 1. The topological polar surface area (TPSA) is 52.3 Å². The number of benzene rings is 1. The Morgan fingerprint density at radius 3 is 2.71 bits per heavy atom. The summed E-state index contributed by atoms with van der Waals surface area (Å²) in [5.41, 5.74) is 6.05. The van der Waals surface area contributed by atoms with E-state index in [9.17, 15) is 9.18 Å². The number of carbonyl (C=O) groups is 1. The van der Waals surface area contributed by atoms with Gasteiger partial charge in [0.05, 0.1) is 8.48 Å². The summed E-state index contributed by atoms with van der Waals surface area (Å²) < 4.78 is 24.5. The molecule has 1 aromatic carbocycles. The maximum absolute atomic E-state index is 12.6. The number of hydrogen-bond donors (Lipinski definition) is 1. The standard InChI is InChI=1S/C10H12FNO2/c1-14-10(13)9(12)6-7-2-4-8(11)5-3-7/h2-5,9H,6,12H2,1H3/t9-/m1/s1/i9D. The second-order valence-electron chi connectivity index (χ2n) is 2.82. The van der Waals surface area contributed by atoms with Crippen LogP contribution in [0.2, 0.25) is 0 Å². The molecule has 1 atom stereocenters. The van der Waals surface area contributed by atoms with Crippen molar-refractivity contribution in [1.29, 1.82) is 0 Å². The molecule has 0 amide bonds. The van der Waals surface area contributed by atoms with Gasteiger partial charge >= 0.3 is 5.97 Å². The van der Waals surface area contributed by atoms with Crippen molar-refractivity contribution in [3.05, 3.63) is 35.6 Å². The third-order valence-corrected chi connectivity index (χ3v) is 1.76. The Bertz CT molecular complexity index is 351. The van der Waals surface area contributed by atoms with Gasteiger partial charge in [-0.3, -0.25) is 4.79 Å². The fourth-order valence-corrected chi connectivity index (χ4v) is 1.03. The van der Waals surface area contributed by atoms with E-state index in [0.29, 0.717) is 5.56 Å². The molecule has 4 heteroatoms. The number of nitrogens with two attached hydrogens (primary N) is 1. The second-order valence-corrected chi connectivity index (χ2v) is 2.82. The lowest BCUT2D eigenvalue weighted by Gasteiger charge is -2.08. The van der Waals surface area contributed by atoms with Crippen LogP contribution in [-0.4, -0.2) is 19.1 Å². The minimum atomic E-state index is -1.83. The van der Waals surface area contributed by atoms with E-state index in [1.807, 2.05) is 0 Å². The van der Waals surface area contributed by atoms with E-state index in [-0.39, 0.29) is 12.2 Å². The van der Waals surface area contributed by atoms with Crippen LogP contribution in [-0.2, 0) is 16.0 Å². The predicted octanol–water partition coefficient (Wildman–Crippen LogP) is 0.868. The third kappa shape index (κ3) is 2.81. The second kappa shape index (κ2) is 4.72. The minimum Gasteiger partial charge on any atom is -0.468 e. The van der Waals surface area contributed by atoms with Gasteiger partial charge in [-0.05, 0) is 24.1 Å². The quantitative estimate of drug-likeness (QED) is 0.733. The molecule has 3 nitrogen and oxygen atoms in total. The molecule has 0 saturated carbocycles. The Morgan fingerprint density at radius 2 is 2.21 bits per heavy atom. The lowest BCUT2D eigenvalue weighted by Crippen LogP contribution is -2.33. The fraction of sp³-hybridized carbons (Fsp3) is 0.300. The summed E-state index contributed by atoms with van der Waals surface area (Å²) in [7, 11) is 1.17. The van der Waals surface area contributed by atoms with E-state index in [1.165, 1.54) is 31.4 Å². The molecule has 14 heavy (non-hydrogen) atoms. The summed E-state index contributed by atoms with van der Waals surface area (Å²) in [5.74, 6) is -1.18. The van der Waals surface area contributed by atoms with Crippen molar-refractivity contribution in [2.75, 3.05) is 7.11 Å². The van der Waals surface area contributed by atoms with Gasteiger partial charge in [-0.1, -0.05) is 12.1 Å². The highest BCUT2D eigenvalue weighted by Gasteiger charge is 2.13. The van der Waals surface area contributed by atoms with Gasteiger partial charge in [0.15, 0.2) is 0 Å². The molecule has 0 aliphatic heterocycles. The Labute approximate surface area is 83.1 Å². The number of esters is 1. The third-order valence-electron chi connectivity index (χ3n) is 1.76. The van der Waals surface area contributed by atoms with Gasteiger partial charge in [0.25, 0.3) is 0 Å². The van der Waals surface area contributed by atoms with E-state index < -0.39 is 12.0 Å². The largest absolute Gasteiger partial charge is 0.468 e. The van der Waals surface area contributed by atoms with Gasteiger partial charge in [-0.15, -0.1) is 0 Å². The van der Waals surface area contributed by atoms with Crippen molar-refractivity contribution >= 4 is 5.97 Å². The zero-order chi connectivity index (χ0) is 11.5. The summed E-state index contributed by atoms with van der Waals surface area (Å²) in [5, 5.41) is 0. The molecule has 0 aliphatic carbocycles. The molecule has 0 bridgehead atoms. The van der Waals surface area contributed by atoms with Crippen molar-refractivity contribution in [2.45, 2.75) is 12.4 Å². The molecule has 1 rings (SSSR count). The van der Waals surface area contributed by atoms with E-state index in [4.69, 9.17) is 7.10 Å². The highest BCUT2D eigenvalue weighted by Crippen LogP contribution is 2.05. The molecule has 2 N–H and O–H groups in total. The molecular formula is C10H12FNO2. The Kier molecular flexibility index (Phi) is 3.08. The van der Waals surface area contributed by atoms with E-state index >= 15 is 0 Å². The molecular weight excluding hydrogens is 185 g/mol. The Balaban J connectivity index is 2.77. The van der Waals surface area contributed by atoms with Gasteiger partial charge in [-0.25, -0.2) is 4.39 Å². The molecule has 0 aliphatic rings. The van der Waals surface area contributed by atoms with Crippen molar-refractivity contribution < 1.29 is 15.3 Å². The molecule has 0 aromatic heterocycles. The molecule has 76 valence electrons. The molecule has 1 aromatic rings. The molecule has 0 saturated heterocycles. The maximum Gasteiger partial charge on any atom is 0.322 e.